The summed E-state index contributed by atoms with van der Waals surface area (Å²) in [6.07, 6.45) is -2.80. The summed E-state index contributed by atoms with van der Waals surface area (Å²) in [7, 11) is 0. The second-order valence-electron chi connectivity index (χ2n) is 5.50. The third kappa shape index (κ3) is 2.90. The molecule has 3 heterocycles. The van der Waals surface area contributed by atoms with E-state index < -0.39 is 24.9 Å². The molecule has 1 amide bonds. The fourth-order valence-corrected chi connectivity index (χ4v) is 3.10. The molecular formula is C12H22N2O5. The smallest absolute Gasteiger partial charge is 0.220 e. The van der Waals surface area contributed by atoms with Crippen LogP contribution in [0, 0.1) is 0 Å². The summed E-state index contributed by atoms with van der Waals surface area (Å²) in [6.45, 7) is 2.56. The SMILES string of the molecule is CC(=O)N1C2CC1CN(C[C@H](O)[C@H](O)[C@H](O)CO)C2. The van der Waals surface area contributed by atoms with Crippen molar-refractivity contribution in [2.45, 2.75) is 43.7 Å². The van der Waals surface area contributed by atoms with E-state index in [1.165, 1.54) is 0 Å². The van der Waals surface area contributed by atoms with E-state index in [0.717, 1.165) is 6.42 Å². The Hall–Kier alpha value is -0.730. The predicted molar refractivity (Wildman–Crippen MR) is 66.3 cm³/mol. The maximum atomic E-state index is 11.4. The van der Waals surface area contributed by atoms with Gasteiger partial charge in [0.2, 0.25) is 5.91 Å². The Morgan fingerprint density at radius 2 is 1.79 bits per heavy atom. The van der Waals surface area contributed by atoms with Crippen LogP contribution in [0.5, 0.6) is 0 Å². The van der Waals surface area contributed by atoms with Gasteiger partial charge in [0.15, 0.2) is 0 Å². The number of nitrogens with zero attached hydrogens (tertiary/aromatic N) is 2. The number of amides is 1. The van der Waals surface area contributed by atoms with E-state index >= 15 is 0 Å². The quantitative estimate of drug-likeness (QED) is 0.437. The fraction of sp³-hybridized carbons (Fsp3) is 0.917. The first kappa shape index (κ1) is 14.7. The van der Waals surface area contributed by atoms with Crippen molar-refractivity contribution in [3.63, 3.8) is 0 Å². The lowest BCUT2D eigenvalue weighted by Crippen LogP contribution is -2.70. The van der Waals surface area contributed by atoms with Crippen LogP contribution < -0.4 is 0 Å². The molecule has 2 bridgehead atoms. The minimum absolute atomic E-state index is 0.0807. The maximum Gasteiger partial charge on any atom is 0.220 e. The Labute approximate surface area is 112 Å². The Balaban J connectivity index is 1.82. The van der Waals surface area contributed by atoms with Gasteiger partial charge >= 0.3 is 0 Å². The van der Waals surface area contributed by atoms with Crippen LogP contribution in [0.2, 0.25) is 0 Å². The van der Waals surface area contributed by atoms with Crippen molar-refractivity contribution >= 4 is 5.91 Å². The first-order valence-corrected chi connectivity index (χ1v) is 6.60. The molecule has 7 heteroatoms. The van der Waals surface area contributed by atoms with Gasteiger partial charge < -0.3 is 25.3 Å². The normalized spacial score (nSPS) is 31.5. The molecule has 110 valence electrons. The van der Waals surface area contributed by atoms with Gasteiger partial charge in [0, 0.05) is 38.6 Å². The highest BCUT2D eigenvalue weighted by atomic mass is 16.4. The van der Waals surface area contributed by atoms with Crippen molar-refractivity contribution in [3.8, 4) is 0 Å². The summed E-state index contributed by atoms with van der Waals surface area (Å²) in [4.78, 5) is 15.2. The number of hydrogen-bond acceptors (Lipinski definition) is 6. The number of aliphatic hydroxyl groups is 4. The molecule has 3 fully saturated rings. The maximum absolute atomic E-state index is 11.4. The second-order valence-corrected chi connectivity index (χ2v) is 5.50. The summed E-state index contributed by atoms with van der Waals surface area (Å²) in [5.41, 5.74) is 0. The van der Waals surface area contributed by atoms with Crippen molar-refractivity contribution in [1.29, 1.82) is 0 Å². The topological polar surface area (TPSA) is 104 Å². The van der Waals surface area contributed by atoms with Gasteiger partial charge in [0.1, 0.15) is 12.2 Å². The van der Waals surface area contributed by atoms with Crippen molar-refractivity contribution in [2.75, 3.05) is 26.2 Å². The van der Waals surface area contributed by atoms with Gasteiger partial charge in [0.05, 0.1) is 12.7 Å². The molecule has 3 aliphatic rings. The molecule has 0 aromatic carbocycles. The zero-order valence-corrected chi connectivity index (χ0v) is 11.0. The molecular weight excluding hydrogens is 252 g/mol. The lowest BCUT2D eigenvalue weighted by atomic mass is 9.87. The zero-order chi connectivity index (χ0) is 14.2. The predicted octanol–water partition coefficient (Wildman–Crippen LogP) is -2.63. The van der Waals surface area contributed by atoms with E-state index in [4.69, 9.17) is 5.11 Å². The third-order valence-corrected chi connectivity index (χ3v) is 4.05. The van der Waals surface area contributed by atoms with Crippen LogP contribution in [0.1, 0.15) is 13.3 Å². The fourth-order valence-electron chi connectivity index (χ4n) is 3.10. The van der Waals surface area contributed by atoms with Crippen LogP contribution in [0.25, 0.3) is 0 Å². The minimum atomic E-state index is -1.35. The van der Waals surface area contributed by atoms with Gasteiger partial charge in [-0.15, -0.1) is 0 Å². The first-order valence-electron chi connectivity index (χ1n) is 6.60. The van der Waals surface area contributed by atoms with Crippen molar-refractivity contribution in [3.05, 3.63) is 0 Å². The van der Waals surface area contributed by atoms with Gasteiger partial charge in [-0.1, -0.05) is 0 Å². The molecule has 3 saturated heterocycles. The zero-order valence-electron chi connectivity index (χ0n) is 11.0. The van der Waals surface area contributed by atoms with E-state index in [1.54, 1.807) is 6.92 Å². The molecule has 3 aliphatic heterocycles. The number of aliphatic hydroxyl groups excluding tert-OH is 4. The lowest BCUT2D eigenvalue weighted by molar-refractivity contribution is -0.154. The Morgan fingerprint density at radius 3 is 2.26 bits per heavy atom. The van der Waals surface area contributed by atoms with Gasteiger partial charge in [0.25, 0.3) is 0 Å². The third-order valence-electron chi connectivity index (χ3n) is 4.05. The Kier molecular flexibility index (Phi) is 4.42. The van der Waals surface area contributed by atoms with Gasteiger partial charge in [-0.2, -0.15) is 0 Å². The number of piperidine rings is 1. The van der Waals surface area contributed by atoms with Gasteiger partial charge in [-0.3, -0.25) is 9.69 Å². The first-order chi connectivity index (χ1) is 8.93. The summed E-state index contributed by atoms with van der Waals surface area (Å²) in [6, 6.07) is 0.395. The molecule has 0 aromatic rings. The van der Waals surface area contributed by atoms with Crippen molar-refractivity contribution < 1.29 is 25.2 Å². The molecule has 7 nitrogen and oxygen atoms in total. The van der Waals surface area contributed by atoms with E-state index in [2.05, 4.69) is 0 Å². The monoisotopic (exact) mass is 274 g/mol. The number of hydrogen-bond donors (Lipinski definition) is 4. The number of fused-ring (bicyclic) bond motifs is 2. The van der Waals surface area contributed by atoms with Crippen LogP contribution >= 0.6 is 0 Å². The average molecular weight is 274 g/mol. The van der Waals surface area contributed by atoms with E-state index in [0.29, 0.717) is 13.1 Å². The highest BCUT2D eigenvalue weighted by Crippen LogP contribution is 2.32. The van der Waals surface area contributed by atoms with Crippen LogP contribution in [0.4, 0.5) is 0 Å². The number of piperazine rings is 1. The Bertz CT molecular complexity index is 328. The van der Waals surface area contributed by atoms with Crippen LogP contribution in [-0.4, -0.2) is 92.8 Å². The van der Waals surface area contributed by atoms with Crippen molar-refractivity contribution in [1.82, 2.24) is 9.80 Å². The van der Waals surface area contributed by atoms with E-state index in [-0.39, 0.29) is 24.5 Å². The van der Waals surface area contributed by atoms with Crippen LogP contribution in [-0.2, 0) is 4.79 Å². The molecule has 4 N–H and O–H groups in total. The summed E-state index contributed by atoms with van der Waals surface area (Å²) < 4.78 is 0. The summed E-state index contributed by atoms with van der Waals surface area (Å²) in [5.74, 6) is 0.0807. The van der Waals surface area contributed by atoms with Crippen LogP contribution in [0.15, 0.2) is 0 Å². The average Bonchev–Trinajstić information content (AvgIpc) is 2.35. The van der Waals surface area contributed by atoms with Crippen LogP contribution in [0.3, 0.4) is 0 Å². The van der Waals surface area contributed by atoms with E-state index in [1.807, 2.05) is 9.80 Å². The second kappa shape index (κ2) is 5.72. The molecule has 0 radical (unpaired) electrons. The number of carbonyl (C=O) groups excluding carboxylic acids is 1. The number of rotatable bonds is 5. The summed E-state index contributed by atoms with van der Waals surface area (Å²) >= 11 is 0. The molecule has 0 saturated carbocycles. The molecule has 5 atom stereocenters. The van der Waals surface area contributed by atoms with E-state index in [9.17, 15) is 20.1 Å². The largest absolute Gasteiger partial charge is 0.394 e. The highest BCUT2D eigenvalue weighted by Gasteiger charge is 2.46. The van der Waals surface area contributed by atoms with Gasteiger partial charge in [-0.05, 0) is 6.42 Å². The molecule has 0 spiro atoms. The van der Waals surface area contributed by atoms with Crippen molar-refractivity contribution in [2.24, 2.45) is 0 Å². The molecule has 0 aromatic heterocycles. The molecule has 0 aliphatic carbocycles. The molecule has 3 rings (SSSR count). The number of carbonyl (C=O) groups is 1. The Morgan fingerprint density at radius 1 is 1.21 bits per heavy atom. The highest BCUT2D eigenvalue weighted by molar-refractivity contribution is 5.75. The summed E-state index contributed by atoms with van der Waals surface area (Å²) in [5, 5.41) is 37.4. The standard InChI is InChI=1S/C12H22N2O5/c1-7(16)14-8-2-9(14)4-13(3-8)5-10(17)12(19)11(18)6-15/h8-12,15,17-19H,2-6H2,1H3/t8?,9?,10-,11+,12-/m0/s1. The molecule has 19 heavy (non-hydrogen) atoms. The van der Waals surface area contributed by atoms with Gasteiger partial charge in [-0.25, -0.2) is 0 Å². The molecule has 2 unspecified atom stereocenters. The minimum Gasteiger partial charge on any atom is -0.394 e. The lowest BCUT2D eigenvalue weighted by Gasteiger charge is -2.56.